The van der Waals surface area contributed by atoms with Crippen LogP contribution in [0.3, 0.4) is 0 Å². The first kappa shape index (κ1) is 10.7. The van der Waals surface area contributed by atoms with E-state index in [2.05, 4.69) is 9.97 Å². The largest absolute Gasteiger partial charge is 0.383 e. The van der Waals surface area contributed by atoms with E-state index in [1.807, 2.05) is 55.5 Å². The van der Waals surface area contributed by atoms with Crippen molar-refractivity contribution in [2.24, 2.45) is 0 Å². The smallest absolute Gasteiger partial charge is 0.162 e. The van der Waals surface area contributed by atoms with Gasteiger partial charge in [0.15, 0.2) is 5.82 Å². The molecule has 1 heterocycles. The Morgan fingerprint density at radius 3 is 2.50 bits per heavy atom. The molecule has 0 bridgehead atoms. The fourth-order valence-electron chi connectivity index (χ4n) is 1.98. The maximum absolute atomic E-state index is 6.01. The molecular formula is C15H13N3. The molecule has 0 unspecified atom stereocenters. The molecule has 88 valence electrons. The third kappa shape index (κ3) is 1.80. The fraction of sp³-hybridized carbons (Fsp3) is 0.0667. The van der Waals surface area contributed by atoms with Crippen molar-refractivity contribution in [3.63, 3.8) is 0 Å². The molecule has 0 spiro atoms. The van der Waals surface area contributed by atoms with Crippen LogP contribution in [0.1, 0.15) is 5.56 Å². The Morgan fingerprint density at radius 1 is 0.944 bits per heavy atom. The summed E-state index contributed by atoms with van der Waals surface area (Å²) in [6.45, 7) is 2.03. The van der Waals surface area contributed by atoms with Crippen LogP contribution in [0.15, 0.2) is 48.5 Å². The SMILES string of the molecule is Cc1ccc2nc(-c3ccccc3)nc(N)c2c1. The van der Waals surface area contributed by atoms with Crippen LogP contribution in [0, 0.1) is 6.92 Å². The van der Waals surface area contributed by atoms with Crippen LogP contribution in [-0.2, 0) is 0 Å². The number of nitrogens with zero attached hydrogens (tertiary/aromatic N) is 2. The van der Waals surface area contributed by atoms with E-state index in [1.165, 1.54) is 0 Å². The van der Waals surface area contributed by atoms with Gasteiger partial charge in [0.25, 0.3) is 0 Å². The van der Waals surface area contributed by atoms with Gasteiger partial charge in [0.05, 0.1) is 5.52 Å². The number of anilines is 1. The van der Waals surface area contributed by atoms with E-state index in [-0.39, 0.29) is 0 Å². The minimum absolute atomic E-state index is 0.530. The zero-order chi connectivity index (χ0) is 12.5. The van der Waals surface area contributed by atoms with E-state index in [0.717, 1.165) is 22.0 Å². The molecule has 0 saturated heterocycles. The lowest BCUT2D eigenvalue weighted by Crippen LogP contribution is -1.98. The van der Waals surface area contributed by atoms with Crippen molar-refractivity contribution in [1.82, 2.24) is 9.97 Å². The van der Waals surface area contributed by atoms with Crippen molar-refractivity contribution in [3.8, 4) is 11.4 Å². The molecular weight excluding hydrogens is 222 g/mol. The van der Waals surface area contributed by atoms with Gasteiger partial charge in [-0.05, 0) is 19.1 Å². The van der Waals surface area contributed by atoms with Crippen LogP contribution in [0.2, 0.25) is 0 Å². The van der Waals surface area contributed by atoms with E-state index in [9.17, 15) is 0 Å². The highest BCUT2D eigenvalue weighted by Crippen LogP contribution is 2.23. The first-order valence-corrected chi connectivity index (χ1v) is 5.83. The normalized spacial score (nSPS) is 10.7. The Hall–Kier alpha value is -2.42. The number of fused-ring (bicyclic) bond motifs is 1. The van der Waals surface area contributed by atoms with Gasteiger partial charge in [-0.15, -0.1) is 0 Å². The van der Waals surface area contributed by atoms with Crippen molar-refractivity contribution < 1.29 is 0 Å². The molecule has 0 saturated carbocycles. The molecule has 0 radical (unpaired) electrons. The molecule has 0 amide bonds. The number of hydrogen-bond acceptors (Lipinski definition) is 3. The summed E-state index contributed by atoms with van der Waals surface area (Å²) in [5.74, 6) is 1.20. The number of benzene rings is 2. The molecule has 0 atom stereocenters. The lowest BCUT2D eigenvalue weighted by atomic mass is 10.1. The minimum Gasteiger partial charge on any atom is -0.383 e. The molecule has 3 aromatic rings. The number of aromatic nitrogens is 2. The molecule has 0 aliphatic carbocycles. The van der Waals surface area contributed by atoms with Gasteiger partial charge in [-0.1, -0.05) is 42.0 Å². The summed E-state index contributed by atoms with van der Waals surface area (Å²) in [4.78, 5) is 8.94. The topological polar surface area (TPSA) is 51.8 Å². The van der Waals surface area contributed by atoms with Gasteiger partial charge in [0.1, 0.15) is 5.82 Å². The Balaban J connectivity index is 2.25. The summed E-state index contributed by atoms with van der Waals surface area (Å²) in [5, 5.41) is 0.912. The lowest BCUT2D eigenvalue weighted by Gasteiger charge is -2.06. The third-order valence-corrected chi connectivity index (χ3v) is 2.91. The summed E-state index contributed by atoms with van der Waals surface area (Å²) in [6.07, 6.45) is 0. The van der Waals surface area contributed by atoms with Crippen LogP contribution < -0.4 is 5.73 Å². The number of rotatable bonds is 1. The van der Waals surface area contributed by atoms with Gasteiger partial charge in [-0.25, -0.2) is 9.97 Å². The van der Waals surface area contributed by atoms with Gasteiger partial charge in [0.2, 0.25) is 0 Å². The predicted octanol–water partition coefficient (Wildman–Crippen LogP) is 3.19. The quantitative estimate of drug-likeness (QED) is 0.704. The van der Waals surface area contributed by atoms with Crippen molar-refractivity contribution in [3.05, 3.63) is 54.1 Å². The molecule has 3 rings (SSSR count). The molecule has 18 heavy (non-hydrogen) atoms. The van der Waals surface area contributed by atoms with Crippen LogP contribution >= 0.6 is 0 Å². The average Bonchev–Trinajstić information content (AvgIpc) is 2.40. The molecule has 2 N–H and O–H groups in total. The lowest BCUT2D eigenvalue weighted by molar-refractivity contribution is 1.23. The Kier molecular flexibility index (Phi) is 2.45. The summed E-state index contributed by atoms with van der Waals surface area (Å²) >= 11 is 0. The first-order valence-electron chi connectivity index (χ1n) is 5.83. The summed E-state index contributed by atoms with van der Waals surface area (Å²) in [7, 11) is 0. The van der Waals surface area contributed by atoms with E-state index in [1.54, 1.807) is 0 Å². The highest BCUT2D eigenvalue weighted by atomic mass is 14.9. The Morgan fingerprint density at radius 2 is 1.72 bits per heavy atom. The highest BCUT2D eigenvalue weighted by Gasteiger charge is 2.06. The summed E-state index contributed by atoms with van der Waals surface area (Å²) in [6, 6.07) is 15.9. The third-order valence-electron chi connectivity index (χ3n) is 2.91. The second-order valence-corrected chi connectivity index (χ2v) is 4.32. The van der Waals surface area contributed by atoms with Crippen molar-refractivity contribution in [2.45, 2.75) is 6.92 Å². The maximum atomic E-state index is 6.01. The summed E-state index contributed by atoms with van der Waals surface area (Å²) in [5.41, 5.74) is 9.03. The first-order chi connectivity index (χ1) is 8.74. The zero-order valence-electron chi connectivity index (χ0n) is 10.1. The Labute approximate surface area is 105 Å². The molecule has 1 aromatic heterocycles. The van der Waals surface area contributed by atoms with Gasteiger partial charge < -0.3 is 5.73 Å². The van der Waals surface area contributed by atoms with Gasteiger partial charge in [0, 0.05) is 10.9 Å². The minimum atomic E-state index is 0.530. The van der Waals surface area contributed by atoms with E-state index < -0.39 is 0 Å². The van der Waals surface area contributed by atoms with Crippen molar-refractivity contribution >= 4 is 16.7 Å². The Bertz CT molecular complexity index is 706. The number of nitrogens with two attached hydrogens (primary N) is 1. The number of nitrogen functional groups attached to an aromatic ring is 1. The van der Waals surface area contributed by atoms with Gasteiger partial charge in [-0.3, -0.25) is 0 Å². The van der Waals surface area contributed by atoms with E-state index >= 15 is 0 Å². The van der Waals surface area contributed by atoms with Crippen molar-refractivity contribution in [2.75, 3.05) is 5.73 Å². The highest BCUT2D eigenvalue weighted by molar-refractivity contribution is 5.90. The molecule has 3 nitrogen and oxygen atoms in total. The van der Waals surface area contributed by atoms with Crippen LogP contribution in [0.5, 0.6) is 0 Å². The van der Waals surface area contributed by atoms with E-state index in [0.29, 0.717) is 11.6 Å². The van der Waals surface area contributed by atoms with Gasteiger partial charge >= 0.3 is 0 Å². The van der Waals surface area contributed by atoms with Crippen LogP contribution in [0.4, 0.5) is 5.82 Å². The van der Waals surface area contributed by atoms with Crippen molar-refractivity contribution in [1.29, 1.82) is 0 Å². The molecule has 3 heteroatoms. The van der Waals surface area contributed by atoms with E-state index in [4.69, 9.17) is 5.73 Å². The maximum Gasteiger partial charge on any atom is 0.162 e. The monoisotopic (exact) mass is 235 g/mol. The second kappa shape index (κ2) is 4.11. The fourth-order valence-corrected chi connectivity index (χ4v) is 1.98. The van der Waals surface area contributed by atoms with Crippen LogP contribution in [0.25, 0.3) is 22.3 Å². The predicted molar refractivity (Wildman–Crippen MR) is 74.1 cm³/mol. The number of aryl methyl sites for hydroxylation is 1. The average molecular weight is 235 g/mol. The second-order valence-electron chi connectivity index (χ2n) is 4.32. The molecule has 0 aliphatic heterocycles. The molecule has 0 fully saturated rings. The number of hydrogen-bond donors (Lipinski definition) is 1. The summed E-state index contributed by atoms with van der Waals surface area (Å²) < 4.78 is 0. The standard InChI is InChI=1S/C15H13N3/c1-10-7-8-13-12(9-10)14(16)18-15(17-13)11-5-3-2-4-6-11/h2-9H,1H3,(H2,16,17,18). The zero-order valence-corrected chi connectivity index (χ0v) is 10.1. The molecule has 2 aromatic carbocycles. The van der Waals surface area contributed by atoms with Gasteiger partial charge in [-0.2, -0.15) is 0 Å². The molecule has 0 aliphatic rings. The van der Waals surface area contributed by atoms with Crippen LogP contribution in [-0.4, -0.2) is 9.97 Å².